The summed E-state index contributed by atoms with van der Waals surface area (Å²) >= 11 is 0. The first-order valence-electron chi connectivity index (χ1n) is 10.4. The van der Waals surface area contributed by atoms with Gasteiger partial charge in [0.05, 0.1) is 5.69 Å². The molecule has 2 aliphatic rings. The Hall–Kier alpha value is -3.52. The summed E-state index contributed by atoms with van der Waals surface area (Å²) in [5, 5.41) is 16.6. The quantitative estimate of drug-likeness (QED) is 0.581. The highest BCUT2D eigenvalue weighted by atomic mass is 19.1. The van der Waals surface area contributed by atoms with E-state index in [0.29, 0.717) is 22.1 Å². The predicted molar refractivity (Wildman–Crippen MR) is 119 cm³/mol. The highest BCUT2D eigenvalue weighted by Crippen LogP contribution is 2.42. The minimum absolute atomic E-state index is 0.0186. The molecule has 3 aromatic rings. The molecule has 1 amide bonds. The van der Waals surface area contributed by atoms with Crippen LogP contribution < -0.4 is 15.5 Å². The third-order valence-electron chi connectivity index (χ3n) is 6.10. The Labute approximate surface area is 183 Å². The molecule has 2 saturated heterocycles. The number of anilines is 2. The van der Waals surface area contributed by atoms with E-state index in [2.05, 4.69) is 20.5 Å². The van der Waals surface area contributed by atoms with Crippen LogP contribution in [0.1, 0.15) is 6.92 Å². The summed E-state index contributed by atoms with van der Waals surface area (Å²) in [5.41, 5.74) is 1.73. The van der Waals surface area contributed by atoms with Crippen LogP contribution in [0.5, 0.6) is 5.75 Å². The lowest BCUT2D eigenvalue weighted by Gasteiger charge is -2.56. The van der Waals surface area contributed by atoms with Crippen LogP contribution in [0.4, 0.5) is 20.3 Å². The fourth-order valence-corrected chi connectivity index (χ4v) is 4.40. The Balaban J connectivity index is 1.48. The maximum absolute atomic E-state index is 14.5. The van der Waals surface area contributed by atoms with Crippen molar-refractivity contribution in [3.8, 4) is 28.0 Å². The molecule has 0 unspecified atom stereocenters. The Morgan fingerprint density at radius 3 is 2.38 bits per heavy atom. The van der Waals surface area contributed by atoms with E-state index in [4.69, 9.17) is 0 Å². The van der Waals surface area contributed by atoms with Gasteiger partial charge in [-0.05, 0) is 47.5 Å². The van der Waals surface area contributed by atoms with E-state index in [9.17, 15) is 18.7 Å². The molecule has 3 N–H and O–H groups in total. The summed E-state index contributed by atoms with van der Waals surface area (Å²) in [7, 11) is 0. The molecule has 0 saturated carbocycles. The van der Waals surface area contributed by atoms with Crippen molar-refractivity contribution in [2.75, 3.05) is 36.4 Å². The molecule has 6 nitrogen and oxygen atoms in total. The van der Waals surface area contributed by atoms with Crippen LogP contribution >= 0.6 is 0 Å². The van der Waals surface area contributed by atoms with E-state index in [0.717, 1.165) is 44.1 Å². The number of hydrogen-bond donors (Lipinski definition) is 3. The lowest BCUT2D eigenvalue weighted by Crippen LogP contribution is -2.71. The molecular formula is C24H22F2N4O2. The van der Waals surface area contributed by atoms with Crippen molar-refractivity contribution >= 4 is 17.4 Å². The monoisotopic (exact) mass is 436 g/mol. The number of carbonyl (C=O) groups excluding carboxylic acids is 1. The van der Waals surface area contributed by atoms with Crippen LogP contribution in [-0.2, 0) is 4.79 Å². The second-order valence-electron chi connectivity index (χ2n) is 8.59. The van der Waals surface area contributed by atoms with Crippen molar-refractivity contribution in [3.05, 3.63) is 60.3 Å². The number of nitrogens with one attached hydrogen (secondary N) is 2. The molecule has 8 heteroatoms. The summed E-state index contributed by atoms with van der Waals surface area (Å²) in [5.74, 6) is -1.01. The summed E-state index contributed by atoms with van der Waals surface area (Å²) in [6.07, 6.45) is 1.64. The third kappa shape index (κ3) is 3.56. The second kappa shape index (κ2) is 7.56. The van der Waals surface area contributed by atoms with Gasteiger partial charge in [0, 0.05) is 55.8 Å². The maximum Gasteiger partial charge on any atom is 0.221 e. The van der Waals surface area contributed by atoms with E-state index < -0.39 is 17.5 Å². The van der Waals surface area contributed by atoms with Gasteiger partial charge in [0.1, 0.15) is 23.2 Å². The van der Waals surface area contributed by atoms with Gasteiger partial charge >= 0.3 is 0 Å². The predicted octanol–water partition coefficient (Wildman–Crippen LogP) is 3.77. The zero-order valence-corrected chi connectivity index (χ0v) is 17.5. The standard InChI is InChI=1S/C24H22F2N4O2/c1-14(31)29-21-3-2-15(6-20(21)26)18-8-17(25)9-19(23(18)32)16-4-5-28-22(7-16)30-12-24(13-30)10-27-11-24/h2-9,27,32H,10-13H2,1H3,(H,29,31). The fourth-order valence-electron chi connectivity index (χ4n) is 4.40. The Bertz CT molecular complexity index is 1220. The number of benzene rings is 2. The fraction of sp³-hybridized carbons (Fsp3) is 0.250. The summed E-state index contributed by atoms with van der Waals surface area (Å²) in [6.45, 7) is 5.13. The highest BCUT2D eigenvalue weighted by molar-refractivity contribution is 5.89. The maximum atomic E-state index is 14.5. The molecule has 2 aliphatic heterocycles. The van der Waals surface area contributed by atoms with Crippen LogP contribution in [0.3, 0.4) is 0 Å². The highest BCUT2D eigenvalue weighted by Gasteiger charge is 2.47. The van der Waals surface area contributed by atoms with E-state index in [1.165, 1.54) is 25.1 Å². The Morgan fingerprint density at radius 1 is 1.09 bits per heavy atom. The van der Waals surface area contributed by atoms with E-state index in [-0.39, 0.29) is 17.0 Å². The zero-order chi connectivity index (χ0) is 22.5. The number of phenolic OH excluding ortho intramolecular Hbond substituents is 1. The van der Waals surface area contributed by atoms with Crippen molar-refractivity contribution in [1.82, 2.24) is 10.3 Å². The zero-order valence-electron chi connectivity index (χ0n) is 17.5. The number of halogens is 2. The van der Waals surface area contributed by atoms with Gasteiger partial charge in [-0.25, -0.2) is 13.8 Å². The minimum Gasteiger partial charge on any atom is -0.507 e. The van der Waals surface area contributed by atoms with Crippen LogP contribution in [0, 0.1) is 17.0 Å². The van der Waals surface area contributed by atoms with E-state index in [1.54, 1.807) is 12.3 Å². The van der Waals surface area contributed by atoms with Gasteiger partial charge in [-0.3, -0.25) is 4.79 Å². The average molecular weight is 436 g/mol. The average Bonchev–Trinajstić information content (AvgIpc) is 2.69. The lowest BCUT2D eigenvalue weighted by atomic mass is 9.74. The summed E-state index contributed by atoms with van der Waals surface area (Å²) in [6, 6.07) is 10.0. The number of amides is 1. The van der Waals surface area contributed by atoms with Gasteiger partial charge in [-0.1, -0.05) is 6.07 Å². The number of nitrogens with zero attached hydrogens (tertiary/aromatic N) is 2. The number of rotatable bonds is 4. The van der Waals surface area contributed by atoms with Crippen molar-refractivity contribution < 1.29 is 18.7 Å². The molecule has 5 rings (SSSR count). The smallest absolute Gasteiger partial charge is 0.221 e. The summed E-state index contributed by atoms with van der Waals surface area (Å²) < 4.78 is 29.0. The van der Waals surface area contributed by atoms with Gasteiger partial charge in [0.2, 0.25) is 5.91 Å². The number of phenols is 1. The molecule has 1 aromatic heterocycles. The first-order valence-corrected chi connectivity index (χ1v) is 10.4. The van der Waals surface area contributed by atoms with Crippen molar-refractivity contribution in [1.29, 1.82) is 0 Å². The van der Waals surface area contributed by atoms with Gasteiger partial charge in [0.15, 0.2) is 0 Å². The number of hydrogen-bond acceptors (Lipinski definition) is 5. The van der Waals surface area contributed by atoms with Crippen LogP contribution in [0.25, 0.3) is 22.3 Å². The van der Waals surface area contributed by atoms with Crippen molar-refractivity contribution in [3.63, 3.8) is 0 Å². The minimum atomic E-state index is -0.675. The molecule has 2 fully saturated rings. The molecule has 3 heterocycles. The number of carbonyl (C=O) groups is 1. The largest absolute Gasteiger partial charge is 0.507 e. The Morgan fingerprint density at radius 2 is 1.78 bits per heavy atom. The first-order chi connectivity index (χ1) is 15.3. The van der Waals surface area contributed by atoms with E-state index in [1.807, 2.05) is 6.07 Å². The molecule has 0 radical (unpaired) electrons. The van der Waals surface area contributed by atoms with E-state index >= 15 is 0 Å². The lowest BCUT2D eigenvalue weighted by molar-refractivity contribution is -0.114. The van der Waals surface area contributed by atoms with Gasteiger partial charge in [0.25, 0.3) is 0 Å². The summed E-state index contributed by atoms with van der Waals surface area (Å²) in [4.78, 5) is 17.8. The van der Waals surface area contributed by atoms with Gasteiger partial charge in [-0.2, -0.15) is 0 Å². The topological polar surface area (TPSA) is 77.5 Å². The van der Waals surface area contributed by atoms with Gasteiger partial charge in [-0.15, -0.1) is 0 Å². The SMILES string of the molecule is CC(=O)Nc1ccc(-c2cc(F)cc(-c3ccnc(N4CC5(CNC5)C4)c3)c2O)cc1F. The van der Waals surface area contributed by atoms with Crippen LogP contribution in [-0.4, -0.2) is 42.2 Å². The van der Waals surface area contributed by atoms with Crippen LogP contribution in [0.15, 0.2) is 48.7 Å². The normalized spacial score (nSPS) is 16.4. The molecule has 0 bridgehead atoms. The molecule has 1 spiro atoms. The second-order valence-corrected chi connectivity index (χ2v) is 8.59. The number of aromatic nitrogens is 1. The molecular weight excluding hydrogens is 414 g/mol. The molecule has 0 atom stereocenters. The third-order valence-corrected chi connectivity index (χ3v) is 6.10. The molecule has 2 aromatic carbocycles. The Kier molecular flexibility index (Phi) is 4.82. The van der Waals surface area contributed by atoms with Crippen LogP contribution in [0.2, 0.25) is 0 Å². The van der Waals surface area contributed by atoms with Crippen molar-refractivity contribution in [2.24, 2.45) is 5.41 Å². The molecule has 0 aliphatic carbocycles. The molecule has 164 valence electrons. The first kappa shape index (κ1) is 20.4. The number of pyridine rings is 1. The number of aromatic hydroxyl groups is 1. The molecule has 32 heavy (non-hydrogen) atoms. The van der Waals surface area contributed by atoms with Crippen molar-refractivity contribution in [2.45, 2.75) is 6.92 Å². The van der Waals surface area contributed by atoms with Gasteiger partial charge < -0.3 is 20.6 Å².